The van der Waals surface area contributed by atoms with Crippen LogP contribution in [0.5, 0.6) is 5.75 Å². The number of hydrogen-bond acceptors (Lipinski definition) is 6. The lowest BCUT2D eigenvalue weighted by Crippen LogP contribution is -2.20. The molecule has 1 N–H and O–H groups in total. The molecule has 0 saturated heterocycles. The lowest BCUT2D eigenvalue weighted by Gasteiger charge is -2.13. The van der Waals surface area contributed by atoms with E-state index in [0.717, 1.165) is 5.56 Å². The second-order valence-corrected chi connectivity index (χ2v) is 6.85. The summed E-state index contributed by atoms with van der Waals surface area (Å²) in [6.07, 6.45) is -0.746. The Morgan fingerprint density at radius 3 is 2.48 bits per heavy atom. The van der Waals surface area contributed by atoms with Gasteiger partial charge in [0.15, 0.2) is 5.75 Å². The Labute approximate surface area is 158 Å². The molecule has 0 aliphatic heterocycles. The summed E-state index contributed by atoms with van der Waals surface area (Å²) in [4.78, 5) is 0. The fourth-order valence-corrected chi connectivity index (χ4v) is 3.16. The Morgan fingerprint density at radius 2 is 1.76 bits per heavy atom. The molecule has 0 aliphatic rings. The van der Waals surface area contributed by atoms with E-state index in [1.54, 1.807) is 18.2 Å². The quantitative estimate of drug-likeness (QED) is 0.589. The van der Waals surface area contributed by atoms with E-state index in [9.17, 15) is 5.11 Å². The number of thioether (sulfide) groups is 1. The number of halogens is 2. The molecule has 3 aromatic rings. The van der Waals surface area contributed by atoms with Crippen LogP contribution >= 0.6 is 35.0 Å². The number of ether oxygens (including phenoxy) is 1. The molecule has 0 amide bonds. The second-order valence-electron chi connectivity index (χ2n) is 5.07. The van der Waals surface area contributed by atoms with Crippen molar-refractivity contribution < 1.29 is 14.3 Å². The topological polar surface area (TPSA) is 68.4 Å². The predicted octanol–water partition coefficient (Wildman–Crippen LogP) is 4.58. The zero-order chi connectivity index (χ0) is 17.6. The van der Waals surface area contributed by atoms with Gasteiger partial charge in [-0.25, -0.2) is 0 Å². The Balaban J connectivity index is 1.51. The first-order valence-electron chi connectivity index (χ1n) is 7.40. The summed E-state index contributed by atoms with van der Waals surface area (Å²) in [7, 11) is 0. The van der Waals surface area contributed by atoms with Crippen molar-refractivity contribution in [3.05, 3.63) is 58.6 Å². The summed E-state index contributed by atoms with van der Waals surface area (Å²) in [5.41, 5.74) is 0.846. The highest BCUT2D eigenvalue weighted by atomic mass is 35.5. The van der Waals surface area contributed by atoms with Crippen LogP contribution in [-0.2, 0) is 0 Å². The molecule has 8 heteroatoms. The third-order valence-electron chi connectivity index (χ3n) is 3.17. The number of aromatic nitrogens is 2. The van der Waals surface area contributed by atoms with Crippen molar-refractivity contribution >= 4 is 35.0 Å². The highest BCUT2D eigenvalue weighted by Crippen LogP contribution is 2.32. The Hall–Kier alpha value is -1.73. The Kier molecular flexibility index (Phi) is 6.20. The van der Waals surface area contributed by atoms with Crippen molar-refractivity contribution in [2.75, 3.05) is 12.4 Å². The van der Waals surface area contributed by atoms with Gasteiger partial charge < -0.3 is 14.3 Å². The maximum Gasteiger partial charge on any atom is 0.276 e. The normalized spacial score (nSPS) is 12.1. The van der Waals surface area contributed by atoms with Gasteiger partial charge in [0, 0.05) is 11.3 Å². The molecule has 1 atom stereocenters. The molecule has 2 aromatic carbocycles. The number of hydrogen-bond donors (Lipinski definition) is 1. The summed E-state index contributed by atoms with van der Waals surface area (Å²) in [6, 6.07) is 14.6. The van der Waals surface area contributed by atoms with Crippen LogP contribution in [0.15, 0.2) is 58.2 Å². The van der Waals surface area contributed by atoms with Gasteiger partial charge in [0.05, 0.1) is 16.1 Å². The molecule has 1 heterocycles. The third kappa shape index (κ3) is 4.89. The minimum Gasteiger partial charge on any atom is -0.488 e. The van der Waals surface area contributed by atoms with Crippen LogP contribution in [0.2, 0.25) is 10.0 Å². The first kappa shape index (κ1) is 18.1. The molecule has 0 bridgehead atoms. The largest absolute Gasteiger partial charge is 0.488 e. The zero-order valence-corrected chi connectivity index (χ0v) is 15.3. The third-order valence-corrected chi connectivity index (χ3v) is 4.72. The maximum atomic E-state index is 10.1. The number of rotatable bonds is 7. The van der Waals surface area contributed by atoms with Crippen LogP contribution in [0.1, 0.15) is 0 Å². The van der Waals surface area contributed by atoms with Gasteiger partial charge in [-0.15, -0.1) is 10.2 Å². The molecule has 0 unspecified atom stereocenters. The van der Waals surface area contributed by atoms with Crippen molar-refractivity contribution in [1.82, 2.24) is 10.2 Å². The van der Waals surface area contributed by atoms with E-state index >= 15 is 0 Å². The summed E-state index contributed by atoms with van der Waals surface area (Å²) < 4.78 is 11.1. The van der Waals surface area contributed by atoms with Gasteiger partial charge in [-0.3, -0.25) is 0 Å². The smallest absolute Gasteiger partial charge is 0.276 e. The van der Waals surface area contributed by atoms with Gasteiger partial charge in [0.2, 0.25) is 5.89 Å². The fraction of sp³-hybridized carbons (Fsp3) is 0.176. The van der Waals surface area contributed by atoms with Crippen LogP contribution in [0.25, 0.3) is 11.5 Å². The molecule has 0 spiro atoms. The van der Waals surface area contributed by atoms with E-state index in [2.05, 4.69) is 10.2 Å². The van der Waals surface area contributed by atoms with Crippen molar-refractivity contribution in [1.29, 1.82) is 0 Å². The number of para-hydroxylation sites is 1. The molecule has 0 radical (unpaired) electrons. The number of benzene rings is 2. The van der Waals surface area contributed by atoms with Crippen molar-refractivity contribution in [3.63, 3.8) is 0 Å². The van der Waals surface area contributed by atoms with Crippen LogP contribution in [0, 0.1) is 0 Å². The summed E-state index contributed by atoms with van der Waals surface area (Å²) in [5, 5.41) is 19.2. The summed E-state index contributed by atoms with van der Waals surface area (Å²) >= 11 is 13.3. The van der Waals surface area contributed by atoms with Gasteiger partial charge in [-0.05, 0) is 24.3 Å². The minimum atomic E-state index is -0.746. The highest BCUT2D eigenvalue weighted by Gasteiger charge is 2.14. The maximum absolute atomic E-state index is 10.1. The van der Waals surface area contributed by atoms with E-state index in [4.69, 9.17) is 32.4 Å². The van der Waals surface area contributed by atoms with Crippen molar-refractivity contribution in [3.8, 4) is 17.2 Å². The standard InChI is InChI=1S/C17H14Cl2N2O3S/c18-13-7-4-8-14(19)15(13)23-9-12(22)10-25-17-21-20-16(24-17)11-5-2-1-3-6-11/h1-8,12,22H,9-10H2/t12-/m1/s1. The predicted molar refractivity (Wildman–Crippen MR) is 98.4 cm³/mol. The van der Waals surface area contributed by atoms with E-state index in [1.165, 1.54) is 11.8 Å². The highest BCUT2D eigenvalue weighted by molar-refractivity contribution is 7.99. The van der Waals surface area contributed by atoms with Crippen molar-refractivity contribution in [2.24, 2.45) is 0 Å². The first-order valence-corrected chi connectivity index (χ1v) is 9.14. The Morgan fingerprint density at radius 1 is 1.04 bits per heavy atom. The second kappa shape index (κ2) is 8.58. The average Bonchev–Trinajstić information content (AvgIpc) is 3.09. The minimum absolute atomic E-state index is 0.0517. The van der Waals surface area contributed by atoms with Gasteiger partial charge >= 0.3 is 0 Å². The van der Waals surface area contributed by atoms with Gasteiger partial charge in [-0.2, -0.15) is 0 Å². The SMILES string of the molecule is O[C@H](COc1c(Cl)cccc1Cl)CSc1nnc(-c2ccccc2)o1. The molecular formula is C17H14Cl2N2O3S. The molecule has 5 nitrogen and oxygen atoms in total. The van der Waals surface area contributed by atoms with Gasteiger partial charge in [-0.1, -0.05) is 59.2 Å². The molecule has 1 aromatic heterocycles. The lowest BCUT2D eigenvalue weighted by atomic mass is 10.2. The van der Waals surface area contributed by atoms with Crippen LogP contribution < -0.4 is 4.74 Å². The van der Waals surface area contributed by atoms with Gasteiger partial charge in [0.25, 0.3) is 5.22 Å². The first-order chi connectivity index (χ1) is 12.1. The number of aliphatic hydroxyl groups is 1. The van der Waals surface area contributed by atoms with E-state index in [0.29, 0.717) is 32.7 Å². The van der Waals surface area contributed by atoms with Crippen LogP contribution in [-0.4, -0.2) is 33.8 Å². The van der Waals surface area contributed by atoms with E-state index in [1.807, 2.05) is 30.3 Å². The average molecular weight is 397 g/mol. The van der Waals surface area contributed by atoms with Crippen LogP contribution in [0.4, 0.5) is 0 Å². The fourth-order valence-electron chi connectivity index (χ4n) is 1.98. The molecule has 130 valence electrons. The van der Waals surface area contributed by atoms with E-state index < -0.39 is 6.10 Å². The molecule has 0 fully saturated rings. The Bertz CT molecular complexity index is 810. The van der Waals surface area contributed by atoms with Gasteiger partial charge in [0.1, 0.15) is 6.61 Å². The molecule has 25 heavy (non-hydrogen) atoms. The monoisotopic (exact) mass is 396 g/mol. The van der Waals surface area contributed by atoms with Crippen molar-refractivity contribution in [2.45, 2.75) is 11.3 Å². The molecule has 0 saturated carbocycles. The molecular weight excluding hydrogens is 383 g/mol. The molecule has 0 aliphatic carbocycles. The summed E-state index contributed by atoms with van der Waals surface area (Å²) in [6.45, 7) is 0.0517. The van der Waals surface area contributed by atoms with Crippen LogP contribution in [0.3, 0.4) is 0 Å². The summed E-state index contributed by atoms with van der Waals surface area (Å²) in [5.74, 6) is 1.13. The number of nitrogens with zero attached hydrogens (tertiary/aromatic N) is 2. The number of aliphatic hydroxyl groups excluding tert-OH is 1. The molecule has 3 rings (SSSR count). The van der Waals surface area contributed by atoms with E-state index in [-0.39, 0.29) is 6.61 Å². The lowest BCUT2D eigenvalue weighted by molar-refractivity contribution is 0.126. The zero-order valence-electron chi connectivity index (χ0n) is 12.9.